The van der Waals surface area contributed by atoms with Gasteiger partial charge in [0.2, 0.25) is 0 Å². The van der Waals surface area contributed by atoms with Crippen LogP contribution in [0.1, 0.15) is 16.1 Å². The van der Waals surface area contributed by atoms with Gasteiger partial charge in [-0.1, -0.05) is 47.5 Å². The van der Waals surface area contributed by atoms with Crippen molar-refractivity contribution in [3.8, 4) is 5.75 Å². The maximum absolute atomic E-state index is 13.0. The van der Waals surface area contributed by atoms with Gasteiger partial charge >= 0.3 is 0 Å². The Kier molecular flexibility index (Phi) is 6.20. The number of halogens is 3. The number of nitrogens with one attached hydrogen (secondary N) is 1. The highest BCUT2D eigenvalue weighted by Gasteiger charge is 2.15. The zero-order valence-corrected chi connectivity index (χ0v) is 17.5. The van der Waals surface area contributed by atoms with Crippen molar-refractivity contribution in [1.29, 1.82) is 0 Å². The lowest BCUT2D eigenvalue weighted by molar-refractivity contribution is 0.101. The molecule has 4 rings (SSSR count). The third-order valence-electron chi connectivity index (χ3n) is 4.27. The predicted molar refractivity (Wildman–Crippen MR) is 115 cm³/mol. The summed E-state index contributed by atoms with van der Waals surface area (Å²) in [6.45, 7) is 0.466. The van der Waals surface area contributed by atoms with Crippen LogP contribution in [0.2, 0.25) is 10.0 Å². The first kappa shape index (κ1) is 20.9. The molecule has 0 aliphatic rings. The van der Waals surface area contributed by atoms with Gasteiger partial charge in [0, 0.05) is 12.4 Å². The summed E-state index contributed by atoms with van der Waals surface area (Å²) < 4.78 is 21.7. The molecule has 7 nitrogen and oxygen atoms in total. The molecule has 0 bridgehead atoms. The Labute approximate surface area is 187 Å². The van der Waals surface area contributed by atoms with Gasteiger partial charge in [0.25, 0.3) is 5.91 Å². The van der Waals surface area contributed by atoms with Crippen LogP contribution >= 0.6 is 23.2 Å². The van der Waals surface area contributed by atoms with E-state index < -0.39 is 5.91 Å². The Morgan fingerprint density at radius 3 is 2.55 bits per heavy atom. The number of carbonyl (C=O) groups excluding carboxylic acids is 1. The highest BCUT2D eigenvalue weighted by molar-refractivity contribution is 6.33. The van der Waals surface area contributed by atoms with E-state index >= 15 is 0 Å². The van der Waals surface area contributed by atoms with Crippen LogP contribution in [0.25, 0.3) is 0 Å². The molecule has 1 amide bonds. The molecule has 2 heterocycles. The minimum Gasteiger partial charge on any atom is -0.470 e. The van der Waals surface area contributed by atoms with Crippen LogP contribution in [0.3, 0.4) is 0 Å². The van der Waals surface area contributed by atoms with Crippen LogP contribution in [-0.4, -0.2) is 25.5 Å². The smallest absolute Gasteiger partial charge is 0.277 e. The van der Waals surface area contributed by atoms with E-state index in [0.29, 0.717) is 17.3 Å². The minimum absolute atomic E-state index is 0.0874. The number of nitrogens with zero attached hydrogens (tertiary/aromatic N) is 4. The monoisotopic (exact) mass is 459 g/mol. The van der Waals surface area contributed by atoms with Crippen LogP contribution in [0.4, 0.5) is 10.2 Å². The summed E-state index contributed by atoms with van der Waals surface area (Å²) in [4.78, 5) is 12.5. The molecule has 31 heavy (non-hydrogen) atoms. The fourth-order valence-corrected chi connectivity index (χ4v) is 3.15. The fraction of sp³-hybridized carbons (Fsp3) is 0.0952. The maximum Gasteiger partial charge on any atom is 0.277 e. The first-order chi connectivity index (χ1) is 15.0. The van der Waals surface area contributed by atoms with Gasteiger partial charge < -0.3 is 10.1 Å². The number of benzene rings is 2. The second kappa shape index (κ2) is 9.20. The van der Waals surface area contributed by atoms with Crippen LogP contribution in [0.5, 0.6) is 5.75 Å². The van der Waals surface area contributed by atoms with Crippen molar-refractivity contribution in [3.05, 3.63) is 94.1 Å². The summed E-state index contributed by atoms with van der Waals surface area (Å²) in [5.41, 5.74) is 1.02. The maximum atomic E-state index is 13.0. The fourth-order valence-electron chi connectivity index (χ4n) is 2.76. The van der Waals surface area contributed by atoms with E-state index in [0.717, 1.165) is 5.56 Å². The van der Waals surface area contributed by atoms with Gasteiger partial charge in [0.1, 0.15) is 16.6 Å². The Bertz CT molecular complexity index is 1210. The standard InChI is InChI=1S/C21H16Cl2FN5O2/c22-16-3-1-2-4-19(16)31-13-28-10-9-18(26-28)21(30)25-20-17(23)12-29(27-20)11-14-5-7-15(24)8-6-14/h1-10,12H,11,13H2,(H,25,27,30). The molecule has 158 valence electrons. The molecule has 2 aromatic heterocycles. The number of amides is 1. The van der Waals surface area contributed by atoms with Crippen LogP contribution in [0.15, 0.2) is 67.0 Å². The first-order valence-corrected chi connectivity index (χ1v) is 9.93. The Balaban J connectivity index is 1.38. The second-order valence-electron chi connectivity index (χ2n) is 6.55. The first-order valence-electron chi connectivity index (χ1n) is 9.17. The number of anilines is 1. The van der Waals surface area contributed by atoms with E-state index in [1.807, 2.05) is 6.07 Å². The molecule has 0 unspecified atom stereocenters. The van der Waals surface area contributed by atoms with E-state index in [1.54, 1.807) is 53.5 Å². The van der Waals surface area contributed by atoms with Crippen molar-refractivity contribution in [3.63, 3.8) is 0 Å². The van der Waals surface area contributed by atoms with Gasteiger partial charge in [-0.25, -0.2) is 9.07 Å². The number of para-hydroxylation sites is 1. The third-order valence-corrected chi connectivity index (χ3v) is 4.86. The molecule has 0 saturated carbocycles. The second-order valence-corrected chi connectivity index (χ2v) is 7.36. The lowest BCUT2D eigenvalue weighted by Gasteiger charge is -2.07. The SMILES string of the molecule is O=C(Nc1nn(Cc2ccc(F)cc2)cc1Cl)c1ccn(COc2ccccc2Cl)n1. The molecular weight excluding hydrogens is 444 g/mol. The highest BCUT2D eigenvalue weighted by Crippen LogP contribution is 2.23. The van der Waals surface area contributed by atoms with Gasteiger partial charge in [0.05, 0.1) is 11.6 Å². The van der Waals surface area contributed by atoms with Crippen molar-refractivity contribution >= 4 is 34.9 Å². The van der Waals surface area contributed by atoms with Gasteiger partial charge in [-0.3, -0.25) is 9.48 Å². The van der Waals surface area contributed by atoms with E-state index in [-0.39, 0.29) is 29.1 Å². The molecule has 4 aromatic rings. The summed E-state index contributed by atoms with van der Waals surface area (Å²) in [5.74, 6) is -0.0582. The molecule has 2 aromatic carbocycles. The topological polar surface area (TPSA) is 74.0 Å². The lowest BCUT2D eigenvalue weighted by Crippen LogP contribution is -2.15. The molecule has 0 atom stereocenters. The number of rotatable bonds is 7. The van der Waals surface area contributed by atoms with Crippen molar-refractivity contribution < 1.29 is 13.9 Å². The quantitative estimate of drug-likeness (QED) is 0.428. The zero-order valence-electron chi connectivity index (χ0n) is 16.0. The Morgan fingerprint density at radius 1 is 1.00 bits per heavy atom. The summed E-state index contributed by atoms with van der Waals surface area (Å²) in [6, 6.07) is 14.7. The molecule has 0 fully saturated rings. The Morgan fingerprint density at radius 2 is 1.77 bits per heavy atom. The number of carbonyl (C=O) groups is 1. The molecule has 0 aliphatic carbocycles. The van der Waals surface area contributed by atoms with E-state index in [9.17, 15) is 9.18 Å². The molecule has 0 radical (unpaired) electrons. The third kappa shape index (κ3) is 5.22. The van der Waals surface area contributed by atoms with Gasteiger partial charge in [-0.2, -0.15) is 10.2 Å². The van der Waals surface area contributed by atoms with Crippen LogP contribution in [-0.2, 0) is 13.3 Å². The normalized spacial score (nSPS) is 10.8. The molecule has 0 aliphatic heterocycles. The van der Waals surface area contributed by atoms with Crippen molar-refractivity contribution in [2.75, 3.05) is 5.32 Å². The van der Waals surface area contributed by atoms with Crippen molar-refractivity contribution in [2.24, 2.45) is 0 Å². The molecular formula is C21H16Cl2FN5O2. The van der Waals surface area contributed by atoms with Crippen molar-refractivity contribution in [1.82, 2.24) is 19.6 Å². The van der Waals surface area contributed by atoms with Crippen LogP contribution in [0, 0.1) is 5.82 Å². The summed E-state index contributed by atoms with van der Waals surface area (Å²) in [7, 11) is 0. The van der Waals surface area contributed by atoms with E-state index in [4.69, 9.17) is 27.9 Å². The molecule has 0 spiro atoms. The lowest BCUT2D eigenvalue weighted by atomic mass is 10.2. The van der Waals surface area contributed by atoms with Gasteiger partial charge in [-0.15, -0.1) is 0 Å². The zero-order chi connectivity index (χ0) is 21.8. The van der Waals surface area contributed by atoms with Crippen LogP contribution < -0.4 is 10.1 Å². The molecule has 10 heteroatoms. The largest absolute Gasteiger partial charge is 0.470 e. The average Bonchev–Trinajstić information content (AvgIpc) is 3.36. The number of ether oxygens (including phenoxy) is 1. The molecule has 0 saturated heterocycles. The summed E-state index contributed by atoms with van der Waals surface area (Å²) >= 11 is 12.2. The van der Waals surface area contributed by atoms with E-state index in [2.05, 4.69) is 15.5 Å². The Hall–Kier alpha value is -3.36. The highest BCUT2D eigenvalue weighted by atomic mass is 35.5. The summed E-state index contributed by atoms with van der Waals surface area (Å²) in [6.07, 6.45) is 3.19. The number of hydrogen-bond donors (Lipinski definition) is 1. The minimum atomic E-state index is -0.467. The van der Waals surface area contributed by atoms with Crippen molar-refractivity contribution in [2.45, 2.75) is 13.3 Å². The number of hydrogen-bond acceptors (Lipinski definition) is 4. The molecule has 1 N–H and O–H groups in total. The number of aromatic nitrogens is 4. The predicted octanol–water partition coefficient (Wildman–Crippen LogP) is 4.86. The summed E-state index contributed by atoms with van der Waals surface area (Å²) in [5, 5.41) is 11.9. The average molecular weight is 460 g/mol. The van der Waals surface area contributed by atoms with Gasteiger partial charge in [0.15, 0.2) is 18.2 Å². The van der Waals surface area contributed by atoms with E-state index in [1.165, 1.54) is 16.8 Å². The van der Waals surface area contributed by atoms with Gasteiger partial charge in [-0.05, 0) is 35.9 Å².